The number of aromatic amines is 1. The Morgan fingerprint density at radius 3 is 2.76 bits per heavy atom. The Bertz CT molecular complexity index is 639. The molecule has 2 N–H and O–H groups in total. The van der Waals surface area contributed by atoms with E-state index in [0.29, 0.717) is 5.69 Å². The molecule has 2 amide bonds. The second-order valence-corrected chi connectivity index (χ2v) is 5.02. The number of imidazole rings is 1. The molecule has 108 valence electrons. The summed E-state index contributed by atoms with van der Waals surface area (Å²) in [5.74, 6) is 0.341. The van der Waals surface area contributed by atoms with Gasteiger partial charge in [0.05, 0.1) is 24.2 Å². The van der Waals surface area contributed by atoms with Gasteiger partial charge in [0.2, 0.25) is 5.91 Å². The molecule has 2 aromatic rings. The zero-order valence-electron chi connectivity index (χ0n) is 11.6. The van der Waals surface area contributed by atoms with E-state index in [1.54, 1.807) is 24.5 Å². The number of rotatable bonds is 4. The highest BCUT2D eigenvalue weighted by Gasteiger charge is 2.40. The van der Waals surface area contributed by atoms with Crippen molar-refractivity contribution in [1.82, 2.24) is 15.3 Å². The molecule has 2 unspecified atom stereocenters. The third-order valence-electron chi connectivity index (χ3n) is 3.54. The third kappa shape index (κ3) is 2.57. The zero-order valence-corrected chi connectivity index (χ0v) is 11.6. The Hall–Kier alpha value is -2.47. The number of anilines is 1. The van der Waals surface area contributed by atoms with Crippen molar-refractivity contribution in [3.8, 4) is 0 Å². The van der Waals surface area contributed by atoms with E-state index in [1.165, 1.54) is 4.90 Å². The van der Waals surface area contributed by atoms with E-state index in [-0.39, 0.29) is 24.3 Å². The summed E-state index contributed by atoms with van der Waals surface area (Å²) in [6.07, 6.45) is 3.55. The second-order valence-electron chi connectivity index (χ2n) is 5.02. The summed E-state index contributed by atoms with van der Waals surface area (Å²) < 4.78 is 0. The van der Waals surface area contributed by atoms with Crippen molar-refractivity contribution in [2.75, 3.05) is 4.90 Å². The van der Waals surface area contributed by atoms with Crippen LogP contribution >= 0.6 is 0 Å². The number of amides is 2. The summed E-state index contributed by atoms with van der Waals surface area (Å²) in [6.45, 7) is 1.90. The van der Waals surface area contributed by atoms with Crippen molar-refractivity contribution < 1.29 is 9.59 Å². The van der Waals surface area contributed by atoms with Gasteiger partial charge in [-0.3, -0.25) is 14.9 Å². The zero-order chi connectivity index (χ0) is 14.8. The van der Waals surface area contributed by atoms with Crippen molar-refractivity contribution in [3.63, 3.8) is 0 Å². The number of benzene rings is 1. The van der Waals surface area contributed by atoms with E-state index in [4.69, 9.17) is 0 Å². The number of hydrogen-bond acceptors (Lipinski definition) is 4. The molecule has 21 heavy (non-hydrogen) atoms. The molecule has 1 fully saturated rings. The summed E-state index contributed by atoms with van der Waals surface area (Å²) in [5, 5.41) is 3.16. The van der Waals surface area contributed by atoms with E-state index in [2.05, 4.69) is 15.3 Å². The molecule has 1 aliphatic rings. The number of imide groups is 1. The summed E-state index contributed by atoms with van der Waals surface area (Å²) in [7, 11) is 0. The minimum Gasteiger partial charge on any atom is -0.347 e. The minimum absolute atomic E-state index is 0.127. The molecule has 6 nitrogen and oxygen atoms in total. The molecule has 0 bridgehead atoms. The molecule has 0 saturated carbocycles. The largest absolute Gasteiger partial charge is 0.347 e. The maximum atomic E-state index is 12.4. The van der Waals surface area contributed by atoms with Crippen LogP contribution in [0, 0.1) is 0 Å². The van der Waals surface area contributed by atoms with Crippen molar-refractivity contribution in [2.24, 2.45) is 0 Å². The summed E-state index contributed by atoms with van der Waals surface area (Å²) >= 11 is 0. The highest BCUT2D eigenvalue weighted by atomic mass is 16.2. The van der Waals surface area contributed by atoms with Gasteiger partial charge in [0.15, 0.2) is 0 Å². The van der Waals surface area contributed by atoms with Gasteiger partial charge in [-0.25, -0.2) is 9.88 Å². The first-order chi connectivity index (χ1) is 10.2. The van der Waals surface area contributed by atoms with Crippen LogP contribution in [0.4, 0.5) is 5.69 Å². The lowest BCUT2D eigenvalue weighted by atomic mass is 10.2. The Balaban J connectivity index is 1.75. The van der Waals surface area contributed by atoms with Crippen LogP contribution in [0.1, 0.15) is 25.2 Å². The van der Waals surface area contributed by atoms with Crippen LogP contribution in [0.25, 0.3) is 0 Å². The average Bonchev–Trinajstić information content (AvgIpc) is 3.09. The SMILES string of the molecule is CC(NC1CC(=O)N(c2ccccc2)C1=O)c1ncc[nH]1. The number of H-pyrrole nitrogens is 1. The first-order valence-corrected chi connectivity index (χ1v) is 6.84. The van der Waals surface area contributed by atoms with Crippen LogP contribution in [0.5, 0.6) is 0 Å². The summed E-state index contributed by atoms with van der Waals surface area (Å²) in [4.78, 5) is 32.9. The third-order valence-corrected chi connectivity index (χ3v) is 3.54. The minimum atomic E-state index is -0.516. The van der Waals surface area contributed by atoms with Gasteiger partial charge in [0.25, 0.3) is 5.91 Å². The highest BCUT2D eigenvalue weighted by molar-refractivity contribution is 6.22. The van der Waals surface area contributed by atoms with Crippen LogP contribution in [0.2, 0.25) is 0 Å². The van der Waals surface area contributed by atoms with Gasteiger partial charge < -0.3 is 4.98 Å². The maximum absolute atomic E-state index is 12.4. The number of hydrogen-bond donors (Lipinski definition) is 2. The molecule has 3 rings (SSSR count). The standard InChI is InChI=1S/C15H16N4O2/c1-10(14-16-7-8-17-14)18-12-9-13(20)19(15(12)21)11-5-3-2-4-6-11/h2-8,10,12,18H,9H2,1H3,(H,16,17). The maximum Gasteiger partial charge on any atom is 0.251 e. The Morgan fingerprint density at radius 2 is 2.10 bits per heavy atom. The van der Waals surface area contributed by atoms with Crippen molar-refractivity contribution in [2.45, 2.75) is 25.4 Å². The molecule has 0 aliphatic carbocycles. The quantitative estimate of drug-likeness (QED) is 0.832. The number of para-hydroxylation sites is 1. The van der Waals surface area contributed by atoms with Gasteiger partial charge in [-0.1, -0.05) is 18.2 Å². The summed E-state index contributed by atoms with van der Waals surface area (Å²) in [6, 6.07) is 8.34. The van der Waals surface area contributed by atoms with Crippen molar-refractivity contribution in [3.05, 3.63) is 48.5 Å². The van der Waals surface area contributed by atoms with Crippen molar-refractivity contribution in [1.29, 1.82) is 0 Å². The van der Waals surface area contributed by atoms with Gasteiger partial charge in [-0.05, 0) is 19.1 Å². The van der Waals surface area contributed by atoms with Gasteiger partial charge in [-0.2, -0.15) is 0 Å². The molecule has 2 atom stereocenters. The number of nitrogens with one attached hydrogen (secondary N) is 2. The smallest absolute Gasteiger partial charge is 0.251 e. The van der Waals surface area contributed by atoms with Crippen LogP contribution < -0.4 is 10.2 Å². The topological polar surface area (TPSA) is 78.1 Å². The first-order valence-electron chi connectivity index (χ1n) is 6.84. The number of carbonyl (C=O) groups excluding carboxylic acids is 2. The summed E-state index contributed by atoms with van der Waals surface area (Å²) in [5.41, 5.74) is 0.613. The monoisotopic (exact) mass is 284 g/mol. The van der Waals surface area contributed by atoms with E-state index >= 15 is 0 Å². The van der Waals surface area contributed by atoms with Crippen molar-refractivity contribution >= 4 is 17.5 Å². The molecular formula is C15H16N4O2. The van der Waals surface area contributed by atoms with E-state index in [9.17, 15) is 9.59 Å². The van der Waals surface area contributed by atoms with Gasteiger partial charge in [0.1, 0.15) is 5.82 Å². The highest BCUT2D eigenvalue weighted by Crippen LogP contribution is 2.23. The van der Waals surface area contributed by atoms with Gasteiger partial charge in [0, 0.05) is 12.4 Å². The van der Waals surface area contributed by atoms with E-state index in [0.717, 1.165) is 5.82 Å². The van der Waals surface area contributed by atoms with Crippen LogP contribution in [0.15, 0.2) is 42.7 Å². The van der Waals surface area contributed by atoms with Crippen LogP contribution in [-0.4, -0.2) is 27.8 Å². The fraction of sp³-hybridized carbons (Fsp3) is 0.267. The molecule has 2 heterocycles. The fourth-order valence-corrected chi connectivity index (χ4v) is 2.51. The fourth-order valence-electron chi connectivity index (χ4n) is 2.51. The average molecular weight is 284 g/mol. The lowest BCUT2D eigenvalue weighted by molar-refractivity contribution is -0.121. The number of aromatic nitrogens is 2. The molecule has 1 aliphatic heterocycles. The van der Waals surface area contributed by atoms with E-state index in [1.807, 2.05) is 25.1 Å². The van der Waals surface area contributed by atoms with E-state index < -0.39 is 6.04 Å². The normalized spacial score (nSPS) is 20.0. The van der Waals surface area contributed by atoms with Crippen LogP contribution in [-0.2, 0) is 9.59 Å². The lowest BCUT2D eigenvalue weighted by Crippen LogP contribution is -2.40. The van der Waals surface area contributed by atoms with Gasteiger partial charge >= 0.3 is 0 Å². The lowest BCUT2D eigenvalue weighted by Gasteiger charge is -2.17. The molecule has 1 aromatic carbocycles. The molecule has 0 spiro atoms. The Labute approximate surface area is 122 Å². The number of nitrogens with zero attached hydrogens (tertiary/aromatic N) is 2. The molecule has 1 aromatic heterocycles. The number of carbonyl (C=O) groups is 2. The Kier molecular flexibility index (Phi) is 3.53. The second kappa shape index (κ2) is 5.49. The molecule has 6 heteroatoms. The van der Waals surface area contributed by atoms with Crippen LogP contribution in [0.3, 0.4) is 0 Å². The molecule has 0 radical (unpaired) electrons. The first kappa shape index (κ1) is 13.5. The van der Waals surface area contributed by atoms with Gasteiger partial charge in [-0.15, -0.1) is 0 Å². The molecular weight excluding hydrogens is 268 g/mol. The Morgan fingerprint density at radius 1 is 1.33 bits per heavy atom. The predicted octanol–water partition coefficient (Wildman–Crippen LogP) is 1.39. The molecule has 1 saturated heterocycles. The predicted molar refractivity (Wildman–Crippen MR) is 77.5 cm³/mol.